The summed E-state index contributed by atoms with van der Waals surface area (Å²) in [5.74, 6) is -0.953. The summed E-state index contributed by atoms with van der Waals surface area (Å²) >= 11 is 2.62. The first kappa shape index (κ1) is 25.0. The van der Waals surface area contributed by atoms with Crippen molar-refractivity contribution in [3.05, 3.63) is 53.0 Å². The summed E-state index contributed by atoms with van der Waals surface area (Å²) < 4.78 is 41.1. The lowest BCUT2D eigenvalue weighted by molar-refractivity contribution is -0.303. The summed E-state index contributed by atoms with van der Waals surface area (Å²) in [6.07, 6.45) is 3.99. The molecule has 0 fully saturated rings. The first-order valence-corrected chi connectivity index (χ1v) is 11.7. The molecule has 0 bridgehead atoms. The molecule has 0 aromatic carbocycles. The van der Waals surface area contributed by atoms with Gasteiger partial charge in [-0.2, -0.15) is 0 Å². The maximum Gasteiger partial charge on any atom is 0.573 e. The van der Waals surface area contributed by atoms with Crippen LogP contribution in [0.3, 0.4) is 0 Å². The molecule has 1 aliphatic carbocycles. The van der Waals surface area contributed by atoms with Crippen molar-refractivity contribution in [2.24, 2.45) is 0 Å². The molecule has 12 heteroatoms. The van der Waals surface area contributed by atoms with Crippen LogP contribution in [0.5, 0.6) is 0 Å². The van der Waals surface area contributed by atoms with Crippen LogP contribution in [-0.2, 0) is 16.0 Å². The lowest BCUT2D eigenvalue weighted by Gasteiger charge is -2.20. The van der Waals surface area contributed by atoms with Crippen molar-refractivity contribution in [2.75, 3.05) is 18.5 Å². The van der Waals surface area contributed by atoms with E-state index >= 15 is 0 Å². The Hall–Kier alpha value is -2.60. The molecule has 2 heterocycles. The minimum atomic E-state index is -4.73. The van der Waals surface area contributed by atoms with Crippen molar-refractivity contribution in [3.63, 3.8) is 0 Å². The van der Waals surface area contributed by atoms with E-state index in [0.29, 0.717) is 35.2 Å². The maximum absolute atomic E-state index is 12.5. The Bertz CT molecular complexity index is 1040. The van der Waals surface area contributed by atoms with Gasteiger partial charge in [0.05, 0.1) is 5.69 Å². The van der Waals surface area contributed by atoms with E-state index in [4.69, 9.17) is 0 Å². The van der Waals surface area contributed by atoms with Crippen LogP contribution in [0.15, 0.2) is 46.1 Å². The molecule has 1 unspecified atom stereocenters. The molecule has 3 rings (SSSR count). The number of nitrogens with zero attached hydrogens (tertiary/aromatic N) is 4. The van der Waals surface area contributed by atoms with E-state index in [1.54, 1.807) is 32.3 Å². The number of thiazole rings is 1. The third-order valence-electron chi connectivity index (χ3n) is 4.79. The zero-order valence-corrected chi connectivity index (χ0v) is 19.8. The lowest BCUT2D eigenvalue weighted by Crippen LogP contribution is -2.26. The molecule has 178 valence electrons. The summed E-state index contributed by atoms with van der Waals surface area (Å²) in [6.45, 7) is 3.87. The number of rotatable bonds is 9. The minimum absolute atomic E-state index is 0.243. The zero-order valence-electron chi connectivity index (χ0n) is 18.2. The fourth-order valence-corrected chi connectivity index (χ4v) is 5.13. The van der Waals surface area contributed by atoms with Gasteiger partial charge in [-0.1, -0.05) is 17.8 Å². The molecule has 0 saturated carbocycles. The number of ether oxygens (including phenoxy) is 1. The number of aliphatic carboxylic acids is 1. The Balaban J connectivity index is 1.56. The van der Waals surface area contributed by atoms with Crippen LogP contribution in [0.1, 0.15) is 37.4 Å². The van der Waals surface area contributed by atoms with Crippen molar-refractivity contribution in [1.82, 2.24) is 15.0 Å². The van der Waals surface area contributed by atoms with Gasteiger partial charge in [-0.05, 0) is 38.0 Å². The molecule has 0 saturated heterocycles. The molecule has 0 aliphatic heterocycles. The molecule has 0 spiro atoms. The normalized spacial score (nSPS) is 16.4. The van der Waals surface area contributed by atoms with Crippen LogP contribution < -0.4 is 4.90 Å². The Labute approximate surface area is 197 Å². The molecule has 2 aromatic rings. The van der Waals surface area contributed by atoms with Crippen molar-refractivity contribution >= 4 is 35.0 Å². The predicted molar refractivity (Wildman–Crippen MR) is 120 cm³/mol. The van der Waals surface area contributed by atoms with Gasteiger partial charge in [-0.25, -0.2) is 15.0 Å². The SMILES string of the molecule is CN(CCc1csc(SC(C)(C)C(=O)O)n1)c1ncc(C2C=C(OC(F)(F)F)C=CC2)cn1. The molecule has 7 nitrogen and oxygen atoms in total. The van der Waals surface area contributed by atoms with E-state index in [0.717, 1.165) is 5.69 Å². The second-order valence-electron chi connectivity index (χ2n) is 7.87. The number of carboxylic acids is 1. The van der Waals surface area contributed by atoms with Crippen LogP contribution in [-0.4, -0.2) is 50.7 Å². The number of aromatic nitrogens is 3. The largest absolute Gasteiger partial charge is 0.573 e. The Morgan fingerprint density at radius 2 is 2.03 bits per heavy atom. The molecule has 2 aromatic heterocycles. The van der Waals surface area contributed by atoms with Gasteiger partial charge in [-0.3, -0.25) is 4.79 Å². The number of thioether (sulfide) groups is 1. The Morgan fingerprint density at radius 3 is 2.67 bits per heavy atom. The van der Waals surface area contributed by atoms with Crippen molar-refractivity contribution in [2.45, 2.75) is 48.1 Å². The highest BCUT2D eigenvalue weighted by Crippen LogP contribution is 2.35. The van der Waals surface area contributed by atoms with Crippen molar-refractivity contribution < 1.29 is 27.8 Å². The van der Waals surface area contributed by atoms with E-state index in [9.17, 15) is 23.1 Å². The van der Waals surface area contributed by atoms with E-state index in [-0.39, 0.29) is 11.7 Å². The molecule has 1 N–H and O–H groups in total. The predicted octanol–water partition coefficient (Wildman–Crippen LogP) is 5.03. The smallest absolute Gasteiger partial charge is 0.480 e. The van der Waals surface area contributed by atoms with E-state index in [1.165, 1.54) is 35.3 Å². The number of carbonyl (C=O) groups is 1. The summed E-state index contributed by atoms with van der Waals surface area (Å²) in [5, 5.41) is 11.2. The van der Waals surface area contributed by atoms with Crippen LogP contribution in [0.4, 0.5) is 19.1 Å². The molecule has 0 radical (unpaired) electrons. The number of carboxylic acid groups (broad SMARTS) is 1. The molecule has 1 aliphatic rings. The highest BCUT2D eigenvalue weighted by Gasteiger charge is 2.32. The monoisotopic (exact) mass is 500 g/mol. The van der Waals surface area contributed by atoms with Crippen LogP contribution in [0.2, 0.25) is 0 Å². The summed E-state index contributed by atoms with van der Waals surface area (Å²) in [5.41, 5.74) is 1.55. The maximum atomic E-state index is 12.5. The van der Waals surface area contributed by atoms with Gasteiger partial charge in [0.15, 0.2) is 4.34 Å². The lowest BCUT2D eigenvalue weighted by atomic mass is 9.94. The van der Waals surface area contributed by atoms with Crippen molar-refractivity contribution in [3.8, 4) is 0 Å². The van der Waals surface area contributed by atoms with E-state index in [2.05, 4.69) is 19.7 Å². The molecular weight excluding hydrogens is 477 g/mol. The molecule has 0 amide bonds. The standard InChI is InChI=1S/C21H23F3N4O3S2/c1-20(2,17(29)30)33-19-27-15(12-32-19)7-8-28(3)18-25-10-14(11-26-18)13-5-4-6-16(9-13)31-21(22,23)24/h4,6,9-13H,5,7-8H2,1-3H3,(H,29,30). The number of allylic oxidation sites excluding steroid dienone is 3. The summed E-state index contributed by atoms with van der Waals surface area (Å²) in [4.78, 5) is 26.3. The van der Waals surface area contributed by atoms with E-state index < -0.39 is 17.1 Å². The molecule has 33 heavy (non-hydrogen) atoms. The number of halogens is 3. The second-order valence-corrected chi connectivity index (χ2v) is 10.6. The van der Waals surface area contributed by atoms with Gasteiger partial charge >= 0.3 is 12.3 Å². The number of hydrogen-bond donors (Lipinski definition) is 1. The average Bonchev–Trinajstić information content (AvgIpc) is 3.17. The first-order valence-electron chi connectivity index (χ1n) is 9.97. The van der Waals surface area contributed by atoms with Gasteiger partial charge in [0.1, 0.15) is 10.5 Å². The van der Waals surface area contributed by atoms with Gasteiger partial charge in [0.25, 0.3) is 0 Å². The summed E-state index contributed by atoms with van der Waals surface area (Å²) in [7, 11) is 1.84. The number of alkyl halides is 3. The Morgan fingerprint density at radius 1 is 1.33 bits per heavy atom. The van der Waals surface area contributed by atoms with Gasteiger partial charge in [-0.15, -0.1) is 24.5 Å². The quantitative estimate of drug-likeness (QED) is 0.480. The van der Waals surface area contributed by atoms with Gasteiger partial charge in [0, 0.05) is 43.7 Å². The van der Waals surface area contributed by atoms with E-state index in [1.807, 2.05) is 17.3 Å². The van der Waals surface area contributed by atoms with Gasteiger partial charge < -0.3 is 14.7 Å². The summed E-state index contributed by atoms with van der Waals surface area (Å²) in [6, 6.07) is 0. The Kier molecular flexibility index (Phi) is 7.68. The highest BCUT2D eigenvalue weighted by molar-refractivity contribution is 8.02. The first-order chi connectivity index (χ1) is 15.4. The molecular formula is C21H23F3N4O3S2. The number of likely N-dealkylation sites (N-methyl/N-ethyl adjacent to an activating group) is 1. The fraction of sp³-hybridized carbons (Fsp3) is 0.429. The molecule has 1 atom stereocenters. The second kappa shape index (κ2) is 10.1. The third-order valence-corrected chi connectivity index (χ3v) is 6.96. The third kappa shape index (κ3) is 7.19. The number of anilines is 1. The number of hydrogen-bond acceptors (Lipinski definition) is 8. The topological polar surface area (TPSA) is 88.4 Å². The fourth-order valence-electron chi connectivity index (χ4n) is 2.90. The average molecular weight is 501 g/mol. The van der Waals surface area contributed by atoms with Crippen LogP contribution in [0.25, 0.3) is 0 Å². The van der Waals surface area contributed by atoms with Crippen LogP contribution >= 0.6 is 23.1 Å². The van der Waals surface area contributed by atoms with Crippen LogP contribution in [0, 0.1) is 0 Å². The zero-order chi connectivity index (χ0) is 24.2. The highest BCUT2D eigenvalue weighted by atomic mass is 32.2. The van der Waals surface area contributed by atoms with Gasteiger partial charge in [0.2, 0.25) is 5.95 Å². The minimum Gasteiger partial charge on any atom is -0.480 e. The van der Waals surface area contributed by atoms with Crippen molar-refractivity contribution in [1.29, 1.82) is 0 Å².